The molecule has 0 bridgehead atoms. The molecule has 0 saturated carbocycles. The maximum Gasteiger partial charge on any atom is 0.325 e. The second-order valence-electron chi connectivity index (χ2n) is 21.7. The van der Waals surface area contributed by atoms with Gasteiger partial charge in [-0.05, 0) is 64.2 Å². The number of carbonyl (C=O) groups is 7. The predicted molar refractivity (Wildman–Crippen MR) is 301 cm³/mol. The van der Waals surface area contributed by atoms with E-state index in [2.05, 4.69) is 26.6 Å². The summed E-state index contributed by atoms with van der Waals surface area (Å²) in [6.07, 6.45) is -14.4. The summed E-state index contributed by atoms with van der Waals surface area (Å²) in [7, 11) is -4.07. The molecular weight excluding hydrogens is 1180 g/mol. The molecule has 8 unspecified atom stereocenters. The summed E-state index contributed by atoms with van der Waals surface area (Å²) in [5.74, 6) is -3.24. The largest absolute Gasteiger partial charge is 0.394 e. The van der Waals surface area contributed by atoms with Crippen LogP contribution in [0.1, 0.15) is 104 Å². The maximum atomic E-state index is 13.8. The minimum atomic E-state index is -4.07. The molecule has 0 spiro atoms. The highest BCUT2D eigenvalue weighted by Crippen LogP contribution is 2.36. The molecule has 0 radical (unpaired) electrons. The van der Waals surface area contributed by atoms with Crippen molar-refractivity contribution >= 4 is 48.9 Å². The molecule has 504 valence electrons. The van der Waals surface area contributed by atoms with Crippen molar-refractivity contribution in [3.05, 3.63) is 0 Å². The Labute approximate surface area is 505 Å². The lowest BCUT2D eigenvalue weighted by atomic mass is 9.97. The van der Waals surface area contributed by atoms with Crippen molar-refractivity contribution in [3.63, 3.8) is 0 Å². The summed E-state index contributed by atoms with van der Waals surface area (Å²) in [5.41, 5.74) is 0. The third-order valence-electron chi connectivity index (χ3n) is 14.4. The van der Waals surface area contributed by atoms with Crippen LogP contribution in [0.25, 0.3) is 0 Å². The zero-order valence-corrected chi connectivity index (χ0v) is 50.9. The minimum Gasteiger partial charge on any atom is -0.394 e. The maximum absolute atomic E-state index is 13.8. The Morgan fingerprint density at radius 3 is 1.17 bits per heavy atom. The van der Waals surface area contributed by atoms with Crippen molar-refractivity contribution in [3.8, 4) is 0 Å². The van der Waals surface area contributed by atoms with Gasteiger partial charge in [0.15, 0.2) is 25.0 Å². The van der Waals surface area contributed by atoms with E-state index in [4.69, 9.17) is 32.9 Å². The second-order valence-corrected chi connectivity index (χ2v) is 23.6. The molecule has 3 saturated heterocycles. The van der Waals surface area contributed by atoms with Crippen LogP contribution in [0.2, 0.25) is 0 Å². The first kappa shape index (κ1) is 77.0. The van der Waals surface area contributed by atoms with Gasteiger partial charge in [0.2, 0.25) is 35.4 Å². The molecular formula is C53H96N7O26P. The van der Waals surface area contributed by atoms with E-state index in [1.165, 1.54) is 25.7 Å². The number of hydrogen-bond acceptors (Lipinski definition) is 25. The molecule has 0 aliphatic carbocycles. The topological polar surface area (TPSA) is 490 Å². The Morgan fingerprint density at radius 1 is 0.494 bits per heavy atom. The summed E-state index contributed by atoms with van der Waals surface area (Å²) in [6.45, 7) is 2.75. The minimum absolute atomic E-state index is 0.00141. The van der Waals surface area contributed by atoms with Gasteiger partial charge in [0, 0.05) is 106 Å². The number of hydrogen-bond donors (Lipinski definition) is 16. The molecule has 87 heavy (non-hydrogen) atoms. The van der Waals surface area contributed by atoms with Crippen molar-refractivity contribution in [2.45, 2.75) is 202 Å². The van der Waals surface area contributed by atoms with Gasteiger partial charge in [-0.25, -0.2) is 0 Å². The van der Waals surface area contributed by atoms with Crippen molar-refractivity contribution in [1.29, 1.82) is 0 Å². The van der Waals surface area contributed by atoms with Gasteiger partial charge in [0.1, 0.15) is 73.1 Å². The molecule has 33 nitrogen and oxygen atoms in total. The zero-order chi connectivity index (χ0) is 64.8. The van der Waals surface area contributed by atoms with E-state index in [1.54, 1.807) is 4.90 Å². The standard InChI is InChI=1S/C53H96N7O26P/c1-31(64)56-41-47(74)44(71)35(27-61)84-51(41)80-24-10-5-15-38(68)54-18-13-22-59(40(70)17-7-12-26-82-53-43(58-33(3)66)49(76)46(73)37(29-63)86-53)20-8-9-21-60(50(77)34(67)30-83-87(4,78)79)23-14-19-55-39(69)16-6-11-25-81-52-42(57-32(2)65)48(75)45(72)36(28-62)85-52/h34-37,41-49,51-53,61-63,67,71-76H,5-30H2,1-4H3,(H,54,68)(H,55,69)(H,56,64)(H,57,65)(H,58,66)(H,78,79)/t34?,35?,36?,37?,41?,42?,43?,44-,45-,46-,47+,48+,49+,51+,52+,53+/m0/s1. The first-order valence-electron chi connectivity index (χ1n) is 29.5. The Morgan fingerprint density at radius 2 is 0.828 bits per heavy atom. The van der Waals surface area contributed by atoms with Gasteiger partial charge in [-0.2, -0.15) is 0 Å². The van der Waals surface area contributed by atoms with Crippen LogP contribution in [0.3, 0.4) is 0 Å². The van der Waals surface area contributed by atoms with Crippen molar-refractivity contribution in [1.82, 2.24) is 36.4 Å². The van der Waals surface area contributed by atoms with E-state index < -0.39 is 156 Å². The number of rotatable bonds is 41. The van der Waals surface area contributed by atoms with E-state index >= 15 is 0 Å². The van der Waals surface area contributed by atoms with Crippen molar-refractivity contribution in [2.24, 2.45) is 0 Å². The fourth-order valence-corrected chi connectivity index (χ4v) is 10.1. The van der Waals surface area contributed by atoms with Crippen LogP contribution < -0.4 is 26.6 Å². The second kappa shape index (κ2) is 40.5. The molecule has 34 heteroatoms. The van der Waals surface area contributed by atoms with Crippen LogP contribution in [-0.2, 0) is 71.1 Å². The fraction of sp³-hybridized carbons (Fsp3) is 0.868. The van der Waals surface area contributed by atoms with Crippen LogP contribution in [-0.4, -0.2) is 297 Å². The van der Waals surface area contributed by atoms with E-state index in [1.807, 2.05) is 0 Å². The highest BCUT2D eigenvalue weighted by Gasteiger charge is 2.48. The van der Waals surface area contributed by atoms with Crippen LogP contribution in [0.5, 0.6) is 0 Å². The molecule has 3 heterocycles. The number of aliphatic hydroxyl groups excluding tert-OH is 10. The van der Waals surface area contributed by atoms with Gasteiger partial charge < -0.3 is 125 Å². The van der Waals surface area contributed by atoms with Gasteiger partial charge >= 0.3 is 7.60 Å². The number of nitrogens with zero attached hydrogens (tertiary/aromatic N) is 2. The SMILES string of the molecule is CC(=O)NC1[C@H](OCCCCC(=O)NCCCN(CCCCN(CCCNC(=O)CCCCO[C@@H]2OC(CO)[C@H](O)[C@H](O)C2NC(C)=O)C(=O)C(O)COP(C)(=O)O)C(=O)CCCCO[C@@H]2OC(CO)[C@H](O)[C@H](O)C2NC(C)=O)OC(CO)[C@H](O)[C@@H]1O. The summed E-state index contributed by atoms with van der Waals surface area (Å²) in [5, 5.41) is 115. The molecule has 16 N–H and O–H groups in total. The molecule has 7 amide bonds. The molecule has 17 atom stereocenters. The van der Waals surface area contributed by atoms with E-state index in [-0.39, 0.29) is 102 Å². The first-order valence-corrected chi connectivity index (χ1v) is 31.5. The number of amides is 7. The van der Waals surface area contributed by atoms with Gasteiger partial charge in [-0.1, -0.05) is 0 Å². The van der Waals surface area contributed by atoms with Crippen LogP contribution in [0.4, 0.5) is 0 Å². The molecule has 0 aromatic carbocycles. The van der Waals surface area contributed by atoms with Gasteiger partial charge in [0.05, 0.1) is 26.4 Å². The van der Waals surface area contributed by atoms with Crippen LogP contribution in [0.15, 0.2) is 0 Å². The smallest absolute Gasteiger partial charge is 0.325 e. The summed E-state index contributed by atoms with van der Waals surface area (Å²) in [4.78, 5) is 101. The Hall–Kier alpha value is -4.20. The van der Waals surface area contributed by atoms with Crippen molar-refractivity contribution < 1.29 is 127 Å². The van der Waals surface area contributed by atoms with Crippen LogP contribution in [0, 0.1) is 0 Å². The molecule has 3 aliphatic rings. The van der Waals surface area contributed by atoms with Crippen molar-refractivity contribution in [2.75, 3.05) is 92.2 Å². The lowest BCUT2D eigenvalue weighted by Gasteiger charge is -2.42. The highest BCUT2D eigenvalue weighted by atomic mass is 31.2. The monoisotopic (exact) mass is 1280 g/mol. The molecule has 3 rings (SSSR count). The number of aliphatic hydroxyl groups is 10. The Balaban J connectivity index is 1.57. The lowest BCUT2D eigenvalue weighted by Crippen LogP contribution is -2.64. The first-order chi connectivity index (χ1) is 41.2. The highest BCUT2D eigenvalue weighted by molar-refractivity contribution is 7.51. The third kappa shape index (κ3) is 27.8. The van der Waals surface area contributed by atoms with E-state index in [0.717, 1.165) is 6.66 Å². The normalized spacial score (nSPS) is 28.3. The van der Waals surface area contributed by atoms with E-state index in [9.17, 15) is 94.1 Å². The Kier molecular flexibility index (Phi) is 35.9. The fourth-order valence-electron chi connectivity index (χ4n) is 9.71. The molecule has 0 aromatic rings. The third-order valence-corrected chi connectivity index (χ3v) is 15.0. The number of carbonyl (C=O) groups excluding carboxylic acids is 7. The summed E-state index contributed by atoms with van der Waals surface area (Å²) < 4.78 is 50.5. The van der Waals surface area contributed by atoms with Gasteiger partial charge in [-0.15, -0.1) is 0 Å². The summed E-state index contributed by atoms with van der Waals surface area (Å²) in [6, 6.07) is -3.39. The van der Waals surface area contributed by atoms with Gasteiger partial charge in [0.25, 0.3) is 5.91 Å². The zero-order valence-electron chi connectivity index (χ0n) is 50.0. The average Bonchev–Trinajstić information content (AvgIpc) is 1.60. The predicted octanol–water partition coefficient (Wildman–Crippen LogP) is -5.98. The van der Waals surface area contributed by atoms with Gasteiger partial charge in [-0.3, -0.25) is 38.1 Å². The molecule has 3 fully saturated rings. The lowest BCUT2D eigenvalue weighted by molar-refractivity contribution is -0.270. The molecule has 0 aromatic heterocycles. The quantitative estimate of drug-likeness (QED) is 0.0200. The van der Waals surface area contributed by atoms with Crippen LogP contribution >= 0.6 is 7.60 Å². The van der Waals surface area contributed by atoms with E-state index in [0.29, 0.717) is 57.8 Å². The number of ether oxygens (including phenoxy) is 6. The number of unbranched alkanes of at least 4 members (excludes halogenated alkanes) is 4. The Bertz CT molecular complexity index is 2140. The molecule has 3 aliphatic heterocycles. The average molecular weight is 1280 g/mol. The summed E-state index contributed by atoms with van der Waals surface area (Å²) >= 11 is 0. The number of nitrogens with one attached hydrogen (secondary N) is 5.